The molecule has 10 heteroatoms. The van der Waals surface area contributed by atoms with Crippen molar-refractivity contribution in [1.82, 2.24) is 5.32 Å². The lowest BCUT2D eigenvalue weighted by Gasteiger charge is -2.30. The predicted molar refractivity (Wildman–Crippen MR) is 113 cm³/mol. The molecule has 8 nitrogen and oxygen atoms in total. The molecule has 0 fully saturated rings. The number of hydrogen-bond donors (Lipinski definition) is 2. The van der Waals surface area contributed by atoms with Crippen LogP contribution < -0.4 is 20.9 Å². The van der Waals surface area contributed by atoms with Gasteiger partial charge in [0.1, 0.15) is 11.6 Å². The summed E-state index contributed by atoms with van der Waals surface area (Å²) >= 11 is 0. The molecule has 3 N–H and O–H groups in total. The number of anilines is 2. The van der Waals surface area contributed by atoms with Gasteiger partial charge in [0, 0.05) is 20.2 Å². The number of amides is 3. The summed E-state index contributed by atoms with van der Waals surface area (Å²) in [4.78, 5) is 54.0. The third-order valence-corrected chi connectivity index (χ3v) is 5.33. The summed E-state index contributed by atoms with van der Waals surface area (Å²) < 4.78 is 26.7. The fourth-order valence-corrected chi connectivity index (χ4v) is 3.68. The van der Waals surface area contributed by atoms with E-state index in [1.165, 1.54) is 21.0 Å². The number of likely N-dealkylation sites (N-methyl/N-ethyl adjacent to an activating group) is 2. The van der Waals surface area contributed by atoms with Gasteiger partial charge in [-0.15, -0.1) is 0 Å². The van der Waals surface area contributed by atoms with Gasteiger partial charge in [-0.2, -0.15) is 0 Å². The highest BCUT2D eigenvalue weighted by atomic mass is 19.1. The van der Waals surface area contributed by atoms with E-state index < -0.39 is 53.1 Å². The fraction of sp³-hybridized carbons (Fsp3) is 0.273. The van der Waals surface area contributed by atoms with Gasteiger partial charge in [-0.05, 0) is 36.8 Å². The Morgan fingerprint density at radius 2 is 1.47 bits per heavy atom. The Labute approximate surface area is 183 Å². The first-order valence-electron chi connectivity index (χ1n) is 9.69. The second-order valence-corrected chi connectivity index (χ2v) is 7.63. The Hall–Kier alpha value is -3.66. The van der Waals surface area contributed by atoms with Gasteiger partial charge in [-0.25, -0.2) is 8.78 Å². The third-order valence-electron chi connectivity index (χ3n) is 5.33. The van der Waals surface area contributed by atoms with Crippen LogP contribution in [-0.2, 0) is 25.6 Å². The molecule has 0 spiro atoms. The number of ketones is 1. The molecule has 168 valence electrons. The number of rotatable bonds is 5. The number of nitrogens with one attached hydrogen (secondary N) is 1. The maximum absolute atomic E-state index is 13.3. The number of halogens is 2. The van der Waals surface area contributed by atoms with Crippen molar-refractivity contribution >= 4 is 34.9 Å². The molecule has 0 bridgehead atoms. The Kier molecular flexibility index (Phi) is 6.09. The number of para-hydroxylation sites is 2. The maximum atomic E-state index is 13.3. The van der Waals surface area contributed by atoms with Gasteiger partial charge in [0.25, 0.3) is 11.8 Å². The normalized spacial score (nSPS) is 16.3. The Balaban J connectivity index is 1.84. The van der Waals surface area contributed by atoms with Crippen LogP contribution in [-0.4, -0.2) is 49.2 Å². The van der Waals surface area contributed by atoms with E-state index in [-0.39, 0.29) is 5.56 Å². The van der Waals surface area contributed by atoms with E-state index in [0.717, 1.165) is 21.9 Å². The molecule has 1 aliphatic rings. The highest BCUT2D eigenvalue weighted by molar-refractivity contribution is 6.36. The van der Waals surface area contributed by atoms with Crippen molar-refractivity contribution in [2.45, 2.75) is 24.9 Å². The molecule has 0 aromatic heterocycles. The van der Waals surface area contributed by atoms with Crippen molar-refractivity contribution in [3.05, 3.63) is 59.7 Å². The Bertz CT molecular complexity index is 1060. The van der Waals surface area contributed by atoms with Crippen molar-refractivity contribution < 1.29 is 28.0 Å². The van der Waals surface area contributed by atoms with E-state index in [1.54, 1.807) is 24.3 Å². The van der Waals surface area contributed by atoms with Gasteiger partial charge in [0.15, 0.2) is 5.78 Å². The molecule has 0 unspecified atom stereocenters. The fourth-order valence-electron chi connectivity index (χ4n) is 3.68. The number of benzene rings is 2. The third kappa shape index (κ3) is 3.96. The number of fused-ring (bicyclic) bond motifs is 1. The molecule has 0 saturated heterocycles. The van der Waals surface area contributed by atoms with Crippen LogP contribution in [0.5, 0.6) is 0 Å². The molecule has 0 saturated carbocycles. The monoisotopic (exact) mass is 444 g/mol. The van der Waals surface area contributed by atoms with Crippen LogP contribution in [0.15, 0.2) is 42.5 Å². The first-order chi connectivity index (χ1) is 15.0. The highest BCUT2D eigenvalue weighted by Crippen LogP contribution is 2.34. The molecule has 3 amide bonds. The summed E-state index contributed by atoms with van der Waals surface area (Å²) in [7, 11) is 2.79. The second kappa shape index (κ2) is 8.46. The minimum Gasteiger partial charge on any atom is -0.346 e. The van der Waals surface area contributed by atoms with Crippen LogP contribution in [0.1, 0.15) is 12.5 Å². The van der Waals surface area contributed by atoms with Crippen molar-refractivity contribution in [3.63, 3.8) is 0 Å². The summed E-state index contributed by atoms with van der Waals surface area (Å²) in [6.07, 6.45) is -0.420. The zero-order chi connectivity index (χ0) is 23.8. The van der Waals surface area contributed by atoms with E-state index in [4.69, 9.17) is 5.73 Å². The number of carbonyl (C=O) groups excluding carboxylic acids is 4. The van der Waals surface area contributed by atoms with E-state index >= 15 is 0 Å². The van der Waals surface area contributed by atoms with Crippen LogP contribution in [0, 0.1) is 11.6 Å². The van der Waals surface area contributed by atoms with Crippen molar-refractivity contribution in [1.29, 1.82) is 0 Å². The molecular weight excluding hydrogens is 422 g/mol. The van der Waals surface area contributed by atoms with Crippen LogP contribution in [0.4, 0.5) is 20.2 Å². The molecule has 0 radical (unpaired) electrons. The molecular formula is C22H22F2N4O4. The summed E-state index contributed by atoms with van der Waals surface area (Å²) in [6.45, 7) is 1.28. The lowest BCUT2D eigenvalue weighted by molar-refractivity contribution is -0.143. The molecule has 2 aromatic carbocycles. The smallest absolute Gasteiger partial charge is 0.264 e. The molecule has 0 aliphatic carbocycles. The second-order valence-electron chi connectivity index (χ2n) is 7.63. The van der Waals surface area contributed by atoms with Crippen LogP contribution in [0.25, 0.3) is 0 Å². The van der Waals surface area contributed by atoms with Gasteiger partial charge in [0.05, 0.1) is 23.8 Å². The van der Waals surface area contributed by atoms with Crippen LogP contribution >= 0.6 is 0 Å². The number of Topliss-reactive ketones (excluding diaryl/α,β-unsaturated/α-hetero) is 1. The molecule has 1 aliphatic heterocycles. The summed E-state index contributed by atoms with van der Waals surface area (Å²) in [5, 5.41) is 2.35. The van der Waals surface area contributed by atoms with Crippen molar-refractivity contribution in [2.75, 3.05) is 23.9 Å². The van der Waals surface area contributed by atoms with Gasteiger partial charge in [-0.1, -0.05) is 12.1 Å². The molecule has 2 aromatic rings. The highest BCUT2D eigenvalue weighted by Gasteiger charge is 2.55. The summed E-state index contributed by atoms with van der Waals surface area (Å²) in [6, 6.07) is 7.86. The standard InChI is InChI=1S/C22H22F2N4O4/c1-12(26-18(29)10-13-8-14(23)11-15(24)9-13)19(30)22(25)20(31)27(2)16-6-4-5-7-17(16)28(3)21(22)32/h4-9,11-12H,10,25H2,1-3H3,(H,26,29)/t12-/m0/s1. The van der Waals surface area contributed by atoms with E-state index in [1.807, 2.05) is 0 Å². The van der Waals surface area contributed by atoms with Gasteiger partial charge >= 0.3 is 0 Å². The van der Waals surface area contributed by atoms with Crippen molar-refractivity contribution in [2.24, 2.45) is 5.73 Å². The van der Waals surface area contributed by atoms with E-state index in [0.29, 0.717) is 17.4 Å². The Morgan fingerprint density at radius 3 is 1.94 bits per heavy atom. The first-order valence-corrected chi connectivity index (χ1v) is 9.69. The SMILES string of the molecule is C[C@H](NC(=O)Cc1cc(F)cc(F)c1)C(=O)C1(N)C(=O)N(C)c2ccccc2N(C)C1=O. The van der Waals surface area contributed by atoms with E-state index in [2.05, 4.69) is 5.32 Å². The average molecular weight is 444 g/mol. The molecule has 1 atom stereocenters. The zero-order valence-corrected chi connectivity index (χ0v) is 17.7. The molecule has 3 rings (SSSR count). The molecule has 32 heavy (non-hydrogen) atoms. The number of nitrogens with two attached hydrogens (primary N) is 1. The van der Waals surface area contributed by atoms with Crippen LogP contribution in [0.2, 0.25) is 0 Å². The lowest BCUT2D eigenvalue weighted by atomic mass is 9.88. The number of carbonyl (C=O) groups is 4. The van der Waals surface area contributed by atoms with Gasteiger partial charge < -0.3 is 20.9 Å². The number of hydrogen-bond acceptors (Lipinski definition) is 5. The maximum Gasteiger partial charge on any atom is 0.264 e. The van der Waals surface area contributed by atoms with Crippen LogP contribution in [0.3, 0.4) is 0 Å². The first kappa shape index (κ1) is 23.0. The topological polar surface area (TPSA) is 113 Å². The van der Waals surface area contributed by atoms with Gasteiger partial charge in [-0.3, -0.25) is 19.2 Å². The average Bonchev–Trinajstić information content (AvgIpc) is 2.79. The minimum absolute atomic E-state index is 0.0543. The lowest BCUT2D eigenvalue weighted by Crippen LogP contribution is -2.70. The Morgan fingerprint density at radius 1 is 1.00 bits per heavy atom. The summed E-state index contributed by atoms with van der Waals surface area (Å²) in [5.41, 5.74) is 4.38. The summed E-state index contributed by atoms with van der Waals surface area (Å²) in [5.74, 6) is -5.35. The predicted octanol–water partition coefficient (Wildman–Crippen LogP) is 0.918. The van der Waals surface area contributed by atoms with Crippen molar-refractivity contribution in [3.8, 4) is 0 Å². The van der Waals surface area contributed by atoms with Gasteiger partial charge in [0.2, 0.25) is 11.4 Å². The quantitative estimate of drug-likeness (QED) is 0.666. The van der Waals surface area contributed by atoms with E-state index in [9.17, 15) is 28.0 Å². The number of nitrogens with zero attached hydrogens (tertiary/aromatic N) is 2. The minimum atomic E-state index is -2.58. The zero-order valence-electron chi connectivity index (χ0n) is 17.7. The largest absolute Gasteiger partial charge is 0.346 e. The molecule has 1 heterocycles.